The Morgan fingerprint density at radius 3 is 2.64 bits per heavy atom. The number of alkyl halides is 2. The van der Waals surface area contributed by atoms with Crippen molar-refractivity contribution in [3.63, 3.8) is 0 Å². The lowest BCUT2D eigenvalue weighted by Crippen LogP contribution is -2.42. The van der Waals surface area contributed by atoms with Crippen LogP contribution in [0.15, 0.2) is 36.5 Å². The number of ether oxygens (including phenoxy) is 1. The van der Waals surface area contributed by atoms with Crippen molar-refractivity contribution >= 4 is 28.8 Å². The van der Waals surface area contributed by atoms with Gasteiger partial charge in [-0.3, -0.25) is 9.69 Å². The zero-order valence-corrected chi connectivity index (χ0v) is 20.5. The molecule has 1 N–H and O–H groups in total. The minimum absolute atomic E-state index is 0.0532. The Morgan fingerprint density at radius 1 is 1.08 bits per heavy atom. The zero-order chi connectivity index (χ0) is 24.7. The van der Waals surface area contributed by atoms with Gasteiger partial charge in [0.2, 0.25) is 5.91 Å². The van der Waals surface area contributed by atoms with Crippen LogP contribution in [-0.2, 0) is 16.1 Å². The van der Waals surface area contributed by atoms with Crippen molar-refractivity contribution in [3.8, 4) is 0 Å². The first-order valence-corrected chi connectivity index (χ1v) is 13.1. The van der Waals surface area contributed by atoms with Crippen molar-refractivity contribution < 1.29 is 18.3 Å². The van der Waals surface area contributed by atoms with Gasteiger partial charge in [-0.2, -0.15) is 0 Å². The van der Waals surface area contributed by atoms with Gasteiger partial charge in [-0.1, -0.05) is 6.07 Å². The van der Waals surface area contributed by atoms with Gasteiger partial charge in [0.05, 0.1) is 37.7 Å². The lowest BCUT2D eigenvalue weighted by molar-refractivity contribution is -0.123. The minimum Gasteiger partial charge on any atom is -0.378 e. The number of benzene rings is 1. The molecule has 1 aromatic carbocycles. The van der Waals surface area contributed by atoms with Gasteiger partial charge in [0.1, 0.15) is 5.82 Å². The quantitative estimate of drug-likeness (QED) is 0.678. The molecular weight excluding hydrogens is 464 g/mol. The van der Waals surface area contributed by atoms with Crippen LogP contribution >= 0.6 is 0 Å². The van der Waals surface area contributed by atoms with E-state index in [4.69, 9.17) is 4.74 Å². The molecule has 1 amide bonds. The highest BCUT2D eigenvalue weighted by Gasteiger charge is 2.42. The third kappa shape index (κ3) is 4.66. The number of carbonyl (C=O) groups excluding carboxylic acids is 1. The fourth-order valence-corrected chi connectivity index (χ4v) is 6.11. The normalized spacial score (nSPS) is 26.1. The second-order valence-electron chi connectivity index (χ2n) is 10.4. The van der Waals surface area contributed by atoms with E-state index in [0.717, 1.165) is 67.2 Å². The summed E-state index contributed by atoms with van der Waals surface area (Å²) in [6, 6.07) is 10.3. The van der Waals surface area contributed by atoms with Crippen LogP contribution < -0.4 is 15.1 Å². The molecule has 1 saturated carbocycles. The maximum absolute atomic E-state index is 14.0. The second kappa shape index (κ2) is 9.59. The predicted molar refractivity (Wildman–Crippen MR) is 135 cm³/mol. The smallest absolute Gasteiger partial charge is 0.261 e. The van der Waals surface area contributed by atoms with Crippen molar-refractivity contribution in [1.82, 2.24) is 9.88 Å². The monoisotopic (exact) mass is 497 g/mol. The molecule has 9 heteroatoms. The van der Waals surface area contributed by atoms with Crippen LogP contribution in [0.25, 0.3) is 0 Å². The first kappa shape index (κ1) is 23.6. The van der Waals surface area contributed by atoms with E-state index in [-0.39, 0.29) is 30.8 Å². The fraction of sp³-hybridized carbons (Fsp3) is 0.556. The van der Waals surface area contributed by atoms with Gasteiger partial charge < -0.3 is 19.9 Å². The van der Waals surface area contributed by atoms with E-state index in [9.17, 15) is 13.6 Å². The Labute approximate surface area is 210 Å². The molecule has 36 heavy (non-hydrogen) atoms. The molecule has 1 aromatic heterocycles. The molecule has 7 nitrogen and oxygen atoms in total. The summed E-state index contributed by atoms with van der Waals surface area (Å²) in [5, 5.41) is 3.45. The average Bonchev–Trinajstić information content (AvgIpc) is 3.19. The molecule has 0 spiro atoms. The van der Waals surface area contributed by atoms with Gasteiger partial charge in [-0.05, 0) is 49.9 Å². The van der Waals surface area contributed by atoms with Crippen LogP contribution in [0.1, 0.15) is 37.7 Å². The summed E-state index contributed by atoms with van der Waals surface area (Å²) in [6.45, 7) is 3.79. The molecule has 4 heterocycles. The van der Waals surface area contributed by atoms with Crippen LogP contribution in [-0.4, -0.2) is 67.1 Å². The second-order valence-corrected chi connectivity index (χ2v) is 10.4. The van der Waals surface area contributed by atoms with Gasteiger partial charge in [-0.25, -0.2) is 13.8 Å². The summed E-state index contributed by atoms with van der Waals surface area (Å²) >= 11 is 0. The van der Waals surface area contributed by atoms with Gasteiger partial charge in [0.25, 0.3) is 5.92 Å². The number of anilines is 4. The van der Waals surface area contributed by atoms with E-state index in [1.807, 2.05) is 28.0 Å². The summed E-state index contributed by atoms with van der Waals surface area (Å²) in [6.07, 6.45) is 4.74. The van der Waals surface area contributed by atoms with E-state index in [2.05, 4.69) is 27.3 Å². The molecule has 3 aliphatic heterocycles. The number of hydrogen-bond donors (Lipinski definition) is 1. The average molecular weight is 498 g/mol. The number of fused-ring (bicyclic) bond motifs is 2. The van der Waals surface area contributed by atoms with E-state index in [1.54, 1.807) is 6.20 Å². The summed E-state index contributed by atoms with van der Waals surface area (Å²) in [5.41, 5.74) is 3.78. The molecule has 0 bridgehead atoms. The topological polar surface area (TPSA) is 60.9 Å². The first-order chi connectivity index (χ1) is 17.5. The summed E-state index contributed by atoms with van der Waals surface area (Å²) in [5.74, 6) is -1.80. The third-order valence-corrected chi connectivity index (χ3v) is 8.15. The third-order valence-electron chi connectivity index (χ3n) is 8.15. The van der Waals surface area contributed by atoms with Gasteiger partial charge >= 0.3 is 0 Å². The standard InChI is InChI=1S/C27H33F2N5O2/c28-27(29)9-11-33(18-27)21-5-3-19(4-6-21)26(35)34-17-20-2-1-10-30-25(20)31-23-8-7-22(16-24(23)34)32-12-14-36-15-13-32/h1-2,7-8,10,16,19,21H,3-6,9,11-15,17-18H2,(H,30,31). The van der Waals surface area contributed by atoms with E-state index in [1.165, 1.54) is 0 Å². The molecule has 1 aliphatic carbocycles. The summed E-state index contributed by atoms with van der Waals surface area (Å²) in [4.78, 5) is 24.7. The maximum atomic E-state index is 14.0. The number of rotatable bonds is 3. The predicted octanol–water partition coefficient (Wildman–Crippen LogP) is 4.41. The minimum atomic E-state index is -2.57. The van der Waals surface area contributed by atoms with Crippen molar-refractivity contribution in [2.75, 3.05) is 54.5 Å². The molecule has 2 aromatic rings. The number of morpholine rings is 1. The highest BCUT2D eigenvalue weighted by atomic mass is 19.3. The Bertz CT molecular complexity index is 1120. The van der Waals surface area contributed by atoms with Crippen molar-refractivity contribution in [2.24, 2.45) is 5.92 Å². The Balaban J connectivity index is 1.24. The largest absolute Gasteiger partial charge is 0.378 e. The van der Waals surface area contributed by atoms with Crippen molar-refractivity contribution in [3.05, 3.63) is 42.1 Å². The molecular formula is C27H33F2N5O2. The first-order valence-electron chi connectivity index (χ1n) is 13.1. The van der Waals surface area contributed by atoms with Crippen LogP contribution in [0.3, 0.4) is 0 Å². The Kier molecular flexibility index (Phi) is 6.29. The Hall–Kier alpha value is -2.78. The number of nitrogens with one attached hydrogen (secondary N) is 1. The number of pyridine rings is 1. The molecule has 0 atom stereocenters. The highest BCUT2D eigenvalue weighted by Crippen LogP contribution is 2.40. The molecule has 2 saturated heterocycles. The SMILES string of the molecule is O=C(C1CCC(N2CCC(F)(F)C2)CC1)N1Cc2cccnc2Nc2ccc(N3CCOCC3)cc21. The molecule has 6 rings (SSSR count). The van der Waals surface area contributed by atoms with Crippen LogP contribution in [0.5, 0.6) is 0 Å². The lowest BCUT2D eigenvalue weighted by Gasteiger charge is -2.36. The maximum Gasteiger partial charge on any atom is 0.261 e. The molecule has 0 radical (unpaired) electrons. The highest BCUT2D eigenvalue weighted by molar-refractivity contribution is 6.00. The van der Waals surface area contributed by atoms with Gasteiger partial charge in [-0.15, -0.1) is 0 Å². The zero-order valence-electron chi connectivity index (χ0n) is 20.5. The number of nitrogens with zero attached hydrogens (tertiary/aromatic N) is 4. The molecule has 0 unspecified atom stereocenters. The van der Waals surface area contributed by atoms with E-state index < -0.39 is 5.92 Å². The molecule has 3 fully saturated rings. The Morgan fingerprint density at radius 2 is 1.89 bits per heavy atom. The van der Waals surface area contributed by atoms with Gasteiger partial charge in [0, 0.05) is 55.5 Å². The van der Waals surface area contributed by atoms with Crippen molar-refractivity contribution in [2.45, 2.75) is 50.6 Å². The fourth-order valence-electron chi connectivity index (χ4n) is 6.11. The molecule has 192 valence electrons. The number of aromatic nitrogens is 1. The lowest BCUT2D eigenvalue weighted by atomic mass is 9.84. The number of carbonyl (C=O) groups is 1. The van der Waals surface area contributed by atoms with Crippen LogP contribution in [0, 0.1) is 5.92 Å². The summed E-state index contributed by atoms with van der Waals surface area (Å²) < 4.78 is 33.0. The van der Waals surface area contributed by atoms with Crippen LogP contribution in [0.2, 0.25) is 0 Å². The van der Waals surface area contributed by atoms with Gasteiger partial charge in [0.15, 0.2) is 0 Å². The number of likely N-dealkylation sites (tertiary alicyclic amines) is 1. The number of hydrogen-bond acceptors (Lipinski definition) is 6. The molecule has 4 aliphatic rings. The van der Waals surface area contributed by atoms with E-state index >= 15 is 0 Å². The van der Waals surface area contributed by atoms with Crippen molar-refractivity contribution in [1.29, 1.82) is 0 Å². The number of amides is 1. The van der Waals surface area contributed by atoms with Crippen LogP contribution in [0.4, 0.5) is 31.7 Å². The van der Waals surface area contributed by atoms with E-state index in [0.29, 0.717) is 26.3 Å². The number of halogens is 2. The summed E-state index contributed by atoms with van der Waals surface area (Å²) in [7, 11) is 0.